The van der Waals surface area contributed by atoms with Crippen molar-refractivity contribution in [1.82, 2.24) is 14.8 Å². The van der Waals surface area contributed by atoms with Gasteiger partial charge in [-0.3, -0.25) is 9.59 Å². The molecule has 0 unspecified atom stereocenters. The number of fused-ring (bicyclic) bond motifs is 5. The third-order valence-corrected chi connectivity index (χ3v) is 7.43. The molecule has 2 atom stereocenters. The topological polar surface area (TPSA) is 74.9 Å². The number of aromatic amines is 1. The number of hydrogen-bond donors (Lipinski definition) is 1. The molecule has 33 heavy (non-hydrogen) atoms. The number of carbonyl (C=O) groups excluding carboxylic acids is 2. The van der Waals surface area contributed by atoms with E-state index in [0.29, 0.717) is 50.1 Å². The number of carbonyl (C=O) groups is 2. The Labute approximate surface area is 191 Å². The number of hydrogen-bond acceptors (Lipinski definition) is 4. The van der Waals surface area contributed by atoms with Crippen molar-refractivity contribution in [1.29, 1.82) is 0 Å². The van der Waals surface area contributed by atoms with E-state index < -0.39 is 12.1 Å². The molecule has 3 aromatic rings. The van der Waals surface area contributed by atoms with Crippen LogP contribution in [0.2, 0.25) is 0 Å². The van der Waals surface area contributed by atoms with Gasteiger partial charge in [-0.05, 0) is 48.1 Å². The first-order chi connectivity index (χ1) is 16.2. The van der Waals surface area contributed by atoms with Gasteiger partial charge in [0.1, 0.15) is 25.3 Å². The first-order valence-electron chi connectivity index (χ1n) is 11.8. The van der Waals surface area contributed by atoms with Gasteiger partial charge in [0, 0.05) is 29.6 Å². The lowest BCUT2D eigenvalue weighted by Crippen LogP contribution is -2.62. The van der Waals surface area contributed by atoms with Gasteiger partial charge in [0.25, 0.3) is 5.91 Å². The second-order valence-corrected chi connectivity index (χ2v) is 9.55. The van der Waals surface area contributed by atoms with Gasteiger partial charge < -0.3 is 24.3 Å². The van der Waals surface area contributed by atoms with Crippen molar-refractivity contribution in [2.75, 3.05) is 19.8 Å². The van der Waals surface area contributed by atoms with E-state index in [2.05, 4.69) is 11.1 Å². The predicted octanol–water partition coefficient (Wildman–Crippen LogP) is 3.19. The zero-order valence-corrected chi connectivity index (χ0v) is 18.3. The summed E-state index contributed by atoms with van der Waals surface area (Å²) in [6, 6.07) is 12.7. The fourth-order valence-corrected chi connectivity index (χ4v) is 5.60. The molecule has 4 heterocycles. The van der Waals surface area contributed by atoms with E-state index in [1.807, 2.05) is 41.3 Å². The predicted molar refractivity (Wildman–Crippen MR) is 121 cm³/mol. The Morgan fingerprint density at radius 2 is 1.79 bits per heavy atom. The third-order valence-electron chi connectivity index (χ3n) is 7.43. The molecule has 2 amide bonds. The van der Waals surface area contributed by atoms with Crippen molar-refractivity contribution in [2.24, 2.45) is 5.92 Å². The summed E-state index contributed by atoms with van der Waals surface area (Å²) in [7, 11) is 0. The number of rotatable bonds is 3. The van der Waals surface area contributed by atoms with Crippen molar-refractivity contribution in [3.05, 3.63) is 59.3 Å². The van der Waals surface area contributed by atoms with Crippen molar-refractivity contribution >= 4 is 22.7 Å². The van der Waals surface area contributed by atoms with Crippen LogP contribution in [0.3, 0.4) is 0 Å². The molecule has 2 aromatic carbocycles. The van der Waals surface area contributed by atoms with Gasteiger partial charge in [0.15, 0.2) is 11.5 Å². The summed E-state index contributed by atoms with van der Waals surface area (Å²) in [5.41, 5.74) is 4.04. The average Bonchev–Trinajstić information content (AvgIpc) is 3.59. The highest BCUT2D eigenvalue weighted by Gasteiger charge is 2.50. The molecule has 0 spiro atoms. The lowest BCUT2D eigenvalue weighted by Gasteiger charge is -2.47. The number of ether oxygens (including phenoxy) is 2. The number of amides is 2. The quantitative estimate of drug-likeness (QED) is 0.675. The summed E-state index contributed by atoms with van der Waals surface area (Å²) in [4.78, 5) is 34.9. The molecule has 3 aliphatic heterocycles. The molecule has 0 radical (unpaired) electrons. The highest BCUT2D eigenvalue weighted by molar-refractivity contribution is 5.99. The van der Waals surface area contributed by atoms with Crippen molar-refractivity contribution < 1.29 is 19.1 Å². The van der Waals surface area contributed by atoms with E-state index in [1.54, 1.807) is 4.90 Å². The van der Waals surface area contributed by atoms with Gasteiger partial charge in [-0.15, -0.1) is 0 Å². The monoisotopic (exact) mass is 443 g/mol. The zero-order valence-electron chi connectivity index (χ0n) is 18.3. The molecule has 168 valence electrons. The van der Waals surface area contributed by atoms with E-state index in [9.17, 15) is 9.59 Å². The minimum absolute atomic E-state index is 0.0127. The number of para-hydroxylation sites is 1. The number of piperazine rings is 1. The Morgan fingerprint density at radius 3 is 2.64 bits per heavy atom. The molecular weight excluding hydrogens is 418 g/mol. The largest absolute Gasteiger partial charge is 0.486 e. The van der Waals surface area contributed by atoms with Crippen molar-refractivity contribution in [2.45, 2.75) is 37.9 Å². The second-order valence-electron chi connectivity index (χ2n) is 9.55. The van der Waals surface area contributed by atoms with Crippen LogP contribution in [0.4, 0.5) is 0 Å². The molecule has 1 N–H and O–H groups in total. The number of nitrogens with one attached hydrogen (secondary N) is 1. The normalized spacial score (nSPS) is 24.1. The maximum Gasteiger partial charge on any atom is 0.251 e. The summed E-state index contributed by atoms with van der Waals surface area (Å²) in [5.74, 6) is 1.86. The van der Waals surface area contributed by atoms with Gasteiger partial charge >= 0.3 is 0 Å². The summed E-state index contributed by atoms with van der Waals surface area (Å²) >= 11 is 0. The van der Waals surface area contributed by atoms with Crippen LogP contribution in [0.15, 0.2) is 42.5 Å². The minimum atomic E-state index is -0.629. The van der Waals surface area contributed by atoms with Gasteiger partial charge in [0.2, 0.25) is 5.91 Å². The molecule has 1 aromatic heterocycles. The molecule has 1 saturated heterocycles. The van der Waals surface area contributed by atoms with E-state index in [0.717, 1.165) is 40.6 Å². The van der Waals surface area contributed by atoms with Gasteiger partial charge in [-0.2, -0.15) is 0 Å². The molecule has 0 bridgehead atoms. The maximum atomic E-state index is 14.0. The van der Waals surface area contributed by atoms with Crippen LogP contribution < -0.4 is 9.47 Å². The highest BCUT2D eigenvalue weighted by atomic mass is 16.6. The Hall–Kier alpha value is -3.48. The summed E-state index contributed by atoms with van der Waals surface area (Å²) < 4.78 is 11.4. The molecule has 2 fully saturated rings. The van der Waals surface area contributed by atoms with E-state index in [1.165, 1.54) is 0 Å². The molecule has 1 aliphatic carbocycles. The fourth-order valence-electron chi connectivity index (χ4n) is 5.60. The lowest BCUT2D eigenvalue weighted by atomic mass is 9.89. The molecule has 7 nitrogen and oxygen atoms in total. The Kier molecular flexibility index (Phi) is 4.04. The number of H-pyrrole nitrogens is 1. The van der Waals surface area contributed by atoms with E-state index in [4.69, 9.17) is 9.47 Å². The summed E-state index contributed by atoms with van der Waals surface area (Å²) in [6.45, 7) is 2.06. The van der Waals surface area contributed by atoms with Crippen LogP contribution in [0, 0.1) is 5.92 Å². The van der Waals surface area contributed by atoms with Crippen LogP contribution in [0.25, 0.3) is 10.9 Å². The molecule has 1 saturated carbocycles. The molecule has 7 rings (SSSR count). The first kappa shape index (κ1) is 19.0. The summed E-state index contributed by atoms with van der Waals surface area (Å²) in [5, 5.41) is 1.15. The Balaban J connectivity index is 1.30. The van der Waals surface area contributed by atoms with Crippen LogP contribution in [-0.2, 0) is 22.6 Å². The minimum Gasteiger partial charge on any atom is -0.486 e. The number of nitrogens with zero attached hydrogens (tertiary/aromatic N) is 2. The van der Waals surface area contributed by atoms with Gasteiger partial charge in [0.05, 0.1) is 6.54 Å². The standard InChI is InChI=1S/C26H25N3O4/c30-25-21-12-18-17-3-1-2-4-19(17)27-20(18)14-28(21)26(31)24(29(25)13-15-5-6-15)16-7-8-22-23(11-16)33-10-9-32-22/h1-4,7-8,11,15,21,24,27H,5-6,9-10,12-14H2/t21-,24+/m1/s1. The smallest absolute Gasteiger partial charge is 0.251 e. The molecule has 4 aliphatic rings. The Morgan fingerprint density at radius 1 is 0.970 bits per heavy atom. The maximum absolute atomic E-state index is 14.0. The van der Waals surface area contributed by atoms with Crippen LogP contribution in [0.1, 0.15) is 35.7 Å². The highest BCUT2D eigenvalue weighted by Crippen LogP contribution is 2.42. The van der Waals surface area contributed by atoms with E-state index in [-0.39, 0.29) is 11.8 Å². The molecular formula is C26H25N3O4. The SMILES string of the molecule is O=C1[C@H](c2ccc3c(c2)OCCO3)N(CC2CC2)C(=O)[C@H]2Cc3c([nH]c4ccccc34)CN12. The van der Waals surface area contributed by atoms with Crippen LogP contribution >= 0.6 is 0 Å². The third kappa shape index (κ3) is 2.95. The lowest BCUT2D eigenvalue weighted by molar-refractivity contribution is -0.164. The van der Waals surface area contributed by atoms with E-state index >= 15 is 0 Å². The van der Waals surface area contributed by atoms with Crippen LogP contribution in [0.5, 0.6) is 11.5 Å². The van der Waals surface area contributed by atoms with Crippen molar-refractivity contribution in [3.8, 4) is 11.5 Å². The number of benzene rings is 2. The average molecular weight is 444 g/mol. The second kappa shape index (κ2) is 7.01. The van der Waals surface area contributed by atoms with Gasteiger partial charge in [-0.1, -0.05) is 24.3 Å². The van der Waals surface area contributed by atoms with Gasteiger partial charge in [-0.25, -0.2) is 0 Å². The number of aromatic nitrogens is 1. The molecule has 7 heteroatoms. The fraction of sp³-hybridized carbons (Fsp3) is 0.385. The van der Waals surface area contributed by atoms with Crippen LogP contribution in [-0.4, -0.2) is 52.4 Å². The summed E-state index contributed by atoms with van der Waals surface area (Å²) in [6.07, 6.45) is 2.79. The zero-order chi connectivity index (χ0) is 22.1. The Bertz CT molecular complexity index is 1290. The first-order valence-corrected chi connectivity index (χ1v) is 11.8. The van der Waals surface area contributed by atoms with Crippen molar-refractivity contribution in [3.63, 3.8) is 0 Å².